The molecule has 3 aromatic heterocycles. The summed E-state index contributed by atoms with van der Waals surface area (Å²) in [4.78, 5) is 21.8. The highest BCUT2D eigenvalue weighted by Crippen LogP contribution is 2.24. The van der Waals surface area contributed by atoms with Crippen LogP contribution >= 0.6 is 11.8 Å². The minimum atomic E-state index is -0.256. The summed E-state index contributed by atoms with van der Waals surface area (Å²) in [6.45, 7) is 4.20. The summed E-state index contributed by atoms with van der Waals surface area (Å²) in [5.74, 6) is 1.71. The third kappa shape index (κ3) is 5.03. The van der Waals surface area contributed by atoms with E-state index in [1.807, 2.05) is 24.3 Å². The van der Waals surface area contributed by atoms with E-state index in [2.05, 4.69) is 27.6 Å². The summed E-state index contributed by atoms with van der Waals surface area (Å²) >= 11 is 1.61. The van der Waals surface area contributed by atoms with Gasteiger partial charge in [-0.1, -0.05) is 36.9 Å². The molecule has 0 aliphatic rings. The van der Waals surface area contributed by atoms with Crippen LogP contribution < -0.4 is 10.6 Å². The number of fused-ring (bicyclic) bond motifs is 2. The van der Waals surface area contributed by atoms with E-state index >= 15 is 0 Å². The van der Waals surface area contributed by atoms with E-state index in [-0.39, 0.29) is 5.91 Å². The predicted molar refractivity (Wildman–Crippen MR) is 125 cm³/mol. The molecule has 0 unspecified atom stereocenters. The maximum Gasteiger partial charge on any atom is 0.287 e. The highest BCUT2D eigenvalue weighted by Gasteiger charge is 2.15. The number of carbonyl (C=O) groups is 1. The Labute approximate surface area is 189 Å². The van der Waals surface area contributed by atoms with Gasteiger partial charge < -0.3 is 19.8 Å². The summed E-state index contributed by atoms with van der Waals surface area (Å²) in [7, 11) is 1.66. The number of hydrogen-bond acceptors (Lipinski definition) is 8. The van der Waals surface area contributed by atoms with Crippen molar-refractivity contribution >= 4 is 45.5 Å². The highest BCUT2D eigenvalue weighted by molar-refractivity contribution is 7.99. The summed E-state index contributed by atoms with van der Waals surface area (Å²) in [5.41, 5.74) is 1.43. The van der Waals surface area contributed by atoms with Crippen molar-refractivity contribution in [2.75, 3.05) is 37.9 Å². The Morgan fingerprint density at radius 1 is 1.25 bits per heavy atom. The van der Waals surface area contributed by atoms with Gasteiger partial charge in [-0.25, -0.2) is 14.6 Å². The number of amides is 1. The van der Waals surface area contributed by atoms with Gasteiger partial charge in [-0.3, -0.25) is 4.79 Å². The van der Waals surface area contributed by atoms with Crippen molar-refractivity contribution in [1.29, 1.82) is 0 Å². The molecular weight excluding hydrogens is 428 g/mol. The average Bonchev–Trinajstić information content (AvgIpc) is 3.42. The van der Waals surface area contributed by atoms with Crippen LogP contribution in [0, 0.1) is 0 Å². The zero-order chi connectivity index (χ0) is 22.3. The molecule has 0 atom stereocenters. The Kier molecular flexibility index (Phi) is 7.23. The van der Waals surface area contributed by atoms with Gasteiger partial charge in [0.05, 0.1) is 24.7 Å². The Bertz CT molecular complexity index is 1170. The van der Waals surface area contributed by atoms with Crippen LogP contribution in [0.5, 0.6) is 0 Å². The van der Waals surface area contributed by atoms with Crippen LogP contribution in [-0.2, 0) is 11.3 Å². The third-order valence-electron chi connectivity index (χ3n) is 4.77. The molecule has 0 saturated heterocycles. The molecule has 0 saturated carbocycles. The quantitative estimate of drug-likeness (QED) is 0.201. The molecule has 0 spiro atoms. The van der Waals surface area contributed by atoms with Crippen LogP contribution in [-0.4, -0.2) is 58.2 Å². The fourth-order valence-electron chi connectivity index (χ4n) is 3.22. The van der Waals surface area contributed by atoms with Crippen LogP contribution in [0.4, 0.5) is 5.82 Å². The number of nitrogens with zero attached hydrogens (tertiary/aromatic N) is 4. The van der Waals surface area contributed by atoms with E-state index in [0.717, 1.165) is 34.4 Å². The zero-order valence-electron chi connectivity index (χ0n) is 18.1. The van der Waals surface area contributed by atoms with Crippen molar-refractivity contribution in [1.82, 2.24) is 25.1 Å². The molecule has 4 rings (SSSR count). The van der Waals surface area contributed by atoms with Gasteiger partial charge in [0.1, 0.15) is 11.4 Å². The Morgan fingerprint density at radius 2 is 2.12 bits per heavy atom. The topological polar surface area (TPSA) is 107 Å². The first-order chi connectivity index (χ1) is 15.7. The third-order valence-corrected chi connectivity index (χ3v) is 5.82. The van der Waals surface area contributed by atoms with Crippen molar-refractivity contribution in [3.05, 3.63) is 42.3 Å². The second-order valence-corrected chi connectivity index (χ2v) is 8.19. The molecule has 168 valence electrons. The van der Waals surface area contributed by atoms with Crippen LogP contribution in [0.25, 0.3) is 22.0 Å². The molecule has 1 amide bonds. The fourth-order valence-corrected chi connectivity index (χ4v) is 3.91. The van der Waals surface area contributed by atoms with Crippen LogP contribution in [0.2, 0.25) is 0 Å². The summed E-state index contributed by atoms with van der Waals surface area (Å²) < 4.78 is 12.5. The van der Waals surface area contributed by atoms with Gasteiger partial charge >= 0.3 is 0 Å². The Hall–Kier alpha value is -3.11. The van der Waals surface area contributed by atoms with Gasteiger partial charge in [-0.05, 0) is 18.6 Å². The molecule has 0 fully saturated rings. The molecule has 0 aliphatic heterocycles. The molecule has 4 aromatic rings. The van der Waals surface area contributed by atoms with Gasteiger partial charge in [0.15, 0.2) is 16.6 Å². The number of thioether (sulfide) groups is 1. The van der Waals surface area contributed by atoms with Crippen LogP contribution in [0.3, 0.4) is 0 Å². The molecule has 0 bridgehead atoms. The molecule has 0 aliphatic carbocycles. The molecule has 1 aromatic carbocycles. The summed E-state index contributed by atoms with van der Waals surface area (Å²) in [5, 5.41) is 13.1. The molecule has 2 N–H and O–H groups in total. The number of carbonyl (C=O) groups excluding carboxylic acids is 1. The Balaban J connectivity index is 1.46. The minimum Gasteiger partial charge on any atom is -0.451 e. The number of methoxy groups -OCH3 is 1. The lowest BCUT2D eigenvalue weighted by Crippen LogP contribution is -2.27. The lowest BCUT2D eigenvalue weighted by atomic mass is 10.2. The number of para-hydroxylation sites is 1. The first-order valence-corrected chi connectivity index (χ1v) is 11.5. The van der Waals surface area contributed by atoms with Gasteiger partial charge in [0, 0.05) is 31.3 Å². The summed E-state index contributed by atoms with van der Waals surface area (Å²) in [6.07, 6.45) is 2.78. The number of hydrogen-bond donors (Lipinski definition) is 2. The van der Waals surface area contributed by atoms with Crippen molar-refractivity contribution in [2.45, 2.75) is 25.0 Å². The molecule has 32 heavy (non-hydrogen) atoms. The van der Waals surface area contributed by atoms with E-state index in [9.17, 15) is 4.79 Å². The van der Waals surface area contributed by atoms with Gasteiger partial charge in [0.2, 0.25) is 0 Å². The number of benzene rings is 1. The second-order valence-electron chi connectivity index (χ2n) is 7.13. The maximum atomic E-state index is 12.5. The van der Waals surface area contributed by atoms with Gasteiger partial charge in [-0.2, -0.15) is 5.10 Å². The summed E-state index contributed by atoms with van der Waals surface area (Å²) in [6, 6.07) is 9.29. The van der Waals surface area contributed by atoms with E-state index in [0.29, 0.717) is 42.7 Å². The first kappa shape index (κ1) is 22.1. The van der Waals surface area contributed by atoms with Crippen molar-refractivity contribution < 1.29 is 13.9 Å². The van der Waals surface area contributed by atoms with Crippen molar-refractivity contribution in [2.24, 2.45) is 0 Å². The largest absolute Gasteiger partial charge is 0.451 e. The van der Waals surface area contributed by atoms with Crippen molar-refractivity contribution in [3.63, 3.8) is 0 Å². The number of anilines is 1. The Morgan fingerprint density at radius 3 is 2.94 bits per heavy atom. The van der Waals surface area contributed by atoms with E-state index in [4.69, 9.17) is 14.1 Å². The lowest BCUT2D eigenvalue weighted by molar-refractivity contribution is 0.0926. The first-order valence-electron chi connectivity index (χ1n) is 10.6. The normalized spacial score (nSPS) is 11.3. The highest BCUT2D eigenvalue weighted by atomic mass is 32.2. The number of ether oxygens (including phenoxy) is 1. The monoisotopic (exact) mass is 454 g/mol. The van der Waals surface area contributed by atoms with Crippen LogP contribution in [0.15, 0.2) is 46.1 Å². The standard InChI is InChI=1S/C22H26N6O3S/c1-3-12-32-22-26-19(23-9-11-30-2)16-14-25-28(20(16)27-22)10-8-24-21(29)18-13-15-6-4-5-7-17(15)31-18/h4-7,13-14H,3,8-12H2,1-2H3,(H,24,29)(H,23,26,27). The minimum absolute atomic E-state index is 0.256. The lowest BCUT2D eigenvalue weighted by Gasteiger charge is -2.09. The smallest absolute Gasteiger partial charge is 0.287 e. The predicted octanol–water partition coefficient (Wildman–Crippen LogP) is 3.56. The molecular formula is C22H26N6O3S. The van der Waals surface area contributed by atoms with Gasteiger partial charge in [-0.15, -0.1) is 0 Å². The van der Waals surface area contributed by atoms with E-state index in [1.165, 1.54) is 0 Å². The number of nitrogens with one attached hydrogen (secondary N) is 2. The molecule has 3 heterocycles. The van der Waals surface area contributed by atoms with Gasteiger partial charge in [0.25, 0.3) is 5.91 Å². The number of aromatic nitrogens is 4. The molecule has 9 nitrogen and oxygen atoms in total. The zero-order valence-corrected chi connectivity index (χ0v) is 18.9. The second kappa shape index (κ2) is 10.5. The van der Waals surface area contributed by atoms with E-state index < -0.39 is 0 Å². The van der Waals surface area contributed by atoms with Crippen LogP contribution in [0.1, 0.15) is 23.9 Å². The number of furan rings is 1. The average molecular weight is 455 g/mol. The van der Waals surface area contributed by atoms with Crippen molar-refractivity contribution in [3.8, 4) is 0 Å². The molecule has 10 heteroatoms. The van der Waals surface area contributed by atoms with E-state index in [1.54, 1.807) is 35.8 Å². The maximum absolute atomic E-state index is 12.5. The molecule has 0 radical (unpaired) electrons. The number of rotatable bonds is 11. The SMILES string of the molecule is CCCSc1nc(NCCOC)c2cnn(CCNC(=O)c3cc4ccccc4o3)c2n1. The fraction of sp³-hybridized carbons (Fsp3) is 0.364.